The molecule has 0 radical (unpaired) electrons. The Bertz CT molecular complexity index is 600. The van der Waals surface area contributed by atoms with Crippen LogP contribution in [0.5, 0.6) is 5.75 Å². The van der Waals surface area contributed by atoms with Gasteiger partial charge in [-0.05, 0) is 44.0 Å². The van der Waals surface area contributed by atoms with Crippen LogP contribution in [0.2, 0.25) is 0 Å². The fraction of sp³-hybridized carbons (Fsp3) is 0.556. The van der Waals surface area contributed by atoms with Gasteiger partial charge in [-0.1, -0.05) is 0 Å². The van der Waals surface area contributed by atoms with Gasteiger partial charge in [0.15, 0.2) is 5.96 Å². The second-order valence-electron chi connectivity index (χ2n) is 6.50. The van der Waals surface area contributed by atoms with Crippen LogP contribution in [0.15, 0.2) is 29.3 Å². The second kappa shape index (κ2) is 9.96. The van der Waals surface area contributed by atoms with Crippen LogP contribution in [0.1, 0.15) is 19.8 Å². The molecule has 4 N–H and O–H groups in total. The number of piperidine rings is 1. The van der Waals surface area contributed by atoms with Gasteiger partial charge in [0, 0.05) is 26.2 Å². The number of benzene rings is 1. The van der Waals surface area contributed by atoms with E-state index in [1.54, 1.807) is 19.2 Å². The van der Waals surface area contributed by atoms with Crippen LogP contribution in [0.4, 0.5) is 4.39 Å². The van der Waals surface area contributed by atoms with Crippen LogP contribution < -0.4 is 21.1 Å². The molecule has 26 heavy (non-hydrogen) atoms. The van der Waals surface area contributed by atoms with Gasteiger partial charge >= 0.3 is 0 Å². The van der Waals surface area contributed by atoms with Crippen molar-refractivity contribution in [1.29, 1.82) is 0 Å². The molecule has 1 fully saturated rings. The Morgan fingerprint density at radius 2 is 2.04 bits per heavy atom. The fourth-order valence-electron chi connectivity index (χ4n) is 2.87. The summed E-state index contributed by atoms with van der Waals surface area (Å²) in [6, 6.07) is 6.28. The molecule has 1 aromatic carbocycles. The van der Waals surface area contributed by atoms with Crippen molar-refractivity contribution < 1.29 is 13.9 Å². The number of halogens is 1. The number of hydrogen-bond donors (Lipinski definition) is 3. The molecular formula is C18H28FN5O2. The summed E-state index contributed by atoms with van der Waals surface area (Å²) in [5.74, 6) is 0.775. The number of nitrogens with two attached hydrogens (primary N) is 1. The first-order chi connectivity index (χ1) is 12.5. The first-order valence-corrected chi connectivity index (χ1v) is 8.86. The number of hydrogen-bond acceptors (Lipinski definition) is 4. The lowest BCUT2D eigenvalue weighted by atomic mass is 10.1. The lowest BCUT2D eigenvalue weighted by Gasteiger charge is -2.32. The van der Waals surface area contributed by atoms with Crippen LogP contribution in [0, 0.1) is 5.82 Å². The highest BCUT2D eigenvalue weighted by Gasteiger charge is 2.21. The van der Waals surface area contributed by atoms with Crippen molar-refractivity contribution in [1.82, 2.24) is 15.5 Å². The maximum Gasteiger partial charge on any atom is 0.231 e. The van der Waals surface area contributed by atoms with Crippen LogP contribution in [0.3, 0.4) is 0 Å². The Morgan fingerprint density at radius 1 is 1.38 bits per heavy atom. The monoisotopic (exact) mass is 365 g/mol. The molecule has 8 heteroatoms. The fourth-order valence-corrected chi connectivity index (χ4v) is 2.87. The number of carbonyl (C=O) groups is 1. The number of rotatable bonds is 7. The molecule has 1 aromatic rings. The number of carbonyl (C=O) groups excluding carboxylic acids is 1. The number of amides is 1. The third-order valence-electron chi connectivity index (χ3n) is 4.24. The molecule has 0 aliphatic carbocycles. The zero-order chi connectivity index (χ0) is 18.9. The van der Waals surface area contributed by atoms with E-state index in [1.807, 2.05) is 6.92 Å². The van der Waals surface area contributed by atoms with E-state index in [0.29, 0.717) is 30.8 Å². The van der Waals surface area contributed by atoms with Gasteiger partial charge in [-0.15, -0.1) is 0 Å². The largest absolute Gasteiger partial charge is 0.489 e. The van der Waals surface area contributed by atoms with E-state index < -0.39 is 0 Å². The predicted octanol–water partition coefficient (Wildman–Crippen LogP) is 0.708. The number of ether oxygens (including phenoxy) is 1. The molecule has 1 aliphatic heterocycles. The van der Waals surface area contributed by atoms with Crippen molar-refractivity contribution in [2.24, 2.45) is 10.7 Å². The first-order valence-electron chi connectivity index (χ1n) is 8.86. The summed E-state index contributed by atoms with van der Waals surface area (Å²) >= 11 is 0. The van der Waals surface area contributed by atoms with Crippen molar-refractivity contribution in [2.75, 3.05) is 33.2 Å². The number of aliphatic imine (C=N–C) groups is 1. The summed E-state index contributed by atoms with van der Waals surface area (Å²) in [5.41, 5.74) is 5.23. The van der Waals surface area contributed by atoms with E-state index in [1.165, 1.54) is 12.1 Å². The summed E-state index contributed by atoms with van der Waals surface area (Å²) in [6.07, 6.45) is 1.75. The van der Waals surface area contributed by atoms with Crippen molar-refractivity contribution in [3.8, 4) is 5.75 Å². The quantitative estimate of drug-likeness (QED) is 0.489. The topological polar surface area (TPSA) is 92.0 Å². The molecule has 2 rings (SSSR count). The number of nitrogens with one attached hydrogen (secondary N) is 2. The lowest BCUT2D eigenvalue weighted by Crippen LogP contribution is -2.50. The van der Waals surface area contributed by atoms with E-state index >= 15 is 0 Å². The molecule has 0 saturated carbocycles. The summed E-state index contributed by atoms with van der Waals surface area (Å²) in [7, 11) is 1.73. The summed E-state index contributed by atoms with van der Waals surface area (Å²) in [4.78, 5) is 17.3. The molecule has 0 bridgehead atoms. The van der Waals surface area contributed by atoms with Gasteiger partial charge in [0.1, 0.15) is 17.7 Å². The van der Waals surface area contributed by atoms with Gasteiger partial charge in [-0.25, -0.2) is 4.39 Å². The molecule has 1 heterocycles. The summed E-state index contributed by atoms with van der Waals surface area (Å²) < 4.78 is 18.7. The standard InChI is InChI=1S/C18H28FN5O2/c1-13(26-16-5-3-14(19)4-6-16)11-22-18(21-2)23-15-7-9-24(10-8-15)12-17(20)25/h3-6,13,15H,7-12H2,1-2H3,(H2,20,25)(H2,21,22,23). The number of primary amides is 1. The Kier molecular flexibility index (Phi) is 7.65. The van der Waals surface area contributed by atoms with Gasteiger partial charge in [-0.2, -0.15) is 0 Å². The Hall–Kier alpha value is -2.35. The summed E-state index contributed by atoms with van der Waals surface area (Å²) in [5, 5.41) is 6.64. The number of likely N-dealkylation sites (tertiary alicyclic amines) is 1. The van der Waals surface area contributed by atoms with Gasteiger partial charge in [0.05, 0.1) is 13.1 Å². The number of guanidine groups is 1. The first kappa shape index (κ1) is 20.0. The third-order valence-corrected chi connectivity index (χ3v) is 4.24. The number of nitrogens with zero attached hydrogens (tertiary/aromatic N) is 2. The van der Waals surface area contributed by atoms with Gasteiger partial charge in [0.2, 0.25) is 5.91 Å². The van der Waals surface area contributed by atoms with Crippen molar-refractivity contribution >= 4 is 11.9 Å². The minimum Gasteiger partial charge on any atom is -0.489 e. The van der Waals surface area contributed by atoms with E-state index in [9.17, 15) is 9.18 Å². The molecule has 7 nitrogen and oxygen atoms in total. The smallest absolute Gasteiger partial charge is 0.231 e. The molecule has 1 unspecified atom stereocenters. The normalized spacial score (nSPS) is 17.6. The zero-order valence-electron chi connectivity index (χ0n) is 15.4. The van der Waals surface area contributed by atoms with Crippen molar-refractivity contribution in [3.63, 3.8) is 0 Å². The van der Waals surface area contributed by atoms with Crippen LogP contribution >= 0.6 is 0 Å². The second-order valence-corrected chi connectivity index (χ2v) is 6.50. The molecule has 0 aromatic heterocycles. The van der Waals surface area contributed by atoms with E-state index in [2.05, 4.69) is 20.5 Å². The van der Waals surface area contributed by atoms with Crippen LogP contribution in [-0.2, 0) is 4.79 Å². The molecule has 1 atom stereocenters. The van der Waals surface area contributed by atoms with Gasteiger partial charge in [0.25, 0.3) is 0 Å². The maximum atomic E-state index is 12.9. The van der Waals surface area contributed by atoms with Gasteiger partial charge < -0.3 is 21.1 Å². The Balaban J connectivity index is 1.70. The highest BCUT2D eigenvalue weighted by molar-refractivity contribution is 5.80. The highest BCUT2D eigenvalue weighted by Crippen LogP contribution is 2.13. The van der Waals surface area contributed by atoms with E-state index in [0.717, 1.165) is 25.9 Å². The van der Waals surface area contributed by atoms with E-state index in [-0.39, 0.29) is 17.8 Å². The maximum absolute atomic E-state index is 12.9. The van der Waals surface area contributed by atoms with Crippen molar-refractivity contribution in [3.05, 3.63) is 30.1 Å². The van der Waals surface area contributed by atoms with Crippen LogP contribution in [-0.4, -0.2) is 62.1 Å². The average Bonchev–Trinajstić information content (AvgIpc) is 2.61. The molecule has 1 amide bonds. The predicted molar refractivity (Wildman–Crippen MR) is 99.6 cm³/mol. The third kappa shape index (κ3) is 6.87. The zero-order valence-corrected chi connectivity index (χ0v) is 15.4. The minimum absolute atomic E-state index is 0.101. The molecule has 1 saturated heterocycles. The average molecular weight is 365 g/mol. The molecular weight excluding hydrogens is 337 g/mol. The Morgan fingerprint density at radius 3 is 2.62 bits per heavy atom. The lowest BCUT2D eigenvalue weighted by molar-refractivity contribution is -0.119. The van der Waals surface area contributed by atoms with Crippen LogP contribution in [0.25, 0.3) is 0 Å². The van der Waals surface area contributed by atoms with Gasteiger partial charge in [-0.3, -0.25) is 14.7 Å². The molecule has 0 spiro atoms. The molecule has 1 aliphatic rings. The Labute approximate surface area is 153 Å². The van der Waals surface area contributed by atoms with E-state index in [4.69, 9.17) is 10.5 Å². The summed E-state index contributed by atoms with van der Waals surface area (Å²) in [6.45, 7) is 4.49. The minimum atomic E-state index is -0.288. The van der Waals surface area contributed by atoms with Crippen molar-refractivity contribution in [2.45, 2.75) is 31.9 Å². The SMILES string of the molecule is CN=C(NCC(C)Oc1ccc(F)cc1)NC1CCN(CC(N)=O)CC1. The molecule has 144 valence electrons. The highest BCUT2D eigenvalue weighted by atomic mass is 19.1.